The molecule has 0 atom stereocenters. The zero-order chi connectivity index (χ0) is 18.4. The number of hydrogen-bond acceptors (Lipinski definition) is 3. The Hall–Kier alpha value is -1.40. The molecule has 136 valence electrons. The summed E-state index contributed by atoms with van der Waals surface area (Å²) >= 11 is 0. The van der Waals surface area contributed by atoms with E-state index in [9.17, 15) is 13.2 Å². The molecule has 0 bridgehead atoms. The average molecular weight is 355 g/mol. The molecular formula is C18H30N2O3S. The molecule has 1 aromatic rings. The van der Waals surface area contributed by atoms with Gasteiger partial charge >= 0.3 is 0 Å². The second-order valence-corrected chi connectivity index (χ2v) is 9.12. The number of amides is 1. The number of anilines is 1. The van der Waals surface area contributed by atoms with Gasteiger partial charge in [0.1, 0.15) is 0 Å². The van der Waals surface area contributed by atoms with Crippen molar-refractivity contribution in [3.05, 3.63) is 29.8 Å². The van der Waals surface area contributed by atoms with Crippen LogP contribution in [0.3, 0.4) is 0 Å². The number of nitrogens with one attached hydrogen (secondary N) is 1. The summed E-state index contributed by atoms with van der Waals surface area (Å²) in [7, 11) is -3.27. The van der Waals surface area contributed by atoms with Crippen molar-refractivity contribution >= 4 is 21.6 Å². The summed E-state index contributed by atoms with van der Waals surface area (Å²) in [4.78, 5) is 12.1. The van der Waals surface area contributed by atoms with E-state index in [1.54, 1.807) is 0 Å². The minimum Gasteiger partial charge on any atom is -0.326 e. The van der Waals surface area contributed by atoms with Crippen molar-refractivity contribution in [1.29, 1.82) is 0 Å². The Labute approximate surface area is 146 Å². The minimum atomic E-state index is -3.27. The van der Waals surface area contributed by atoms with Crippen LogP contribution in [0.15, 0.2) is 24.3 Å². The van der Waals surface area contributed by atoms with E-state index in [4.69, 9.17) is 0 Å². The molecule has 0 aliphatic carbocycles. The number of sulfonamides is 1. The highest BCUT2D eigenvalue weighted by atomic mass is 32.2. The van der Waals surface area contributed by atoms with Gasteiger partial charge in [-0.3, -0.25) is 4.79 Å². The first-order valence-corrected chi connectivity index (χ1v) is 10.2. The van der Waals surface area contributed by atoms with E-state index >= 15 is 0 Å². The largest absolute Gasteiger partial charge is 0.326 e. The van der Waals surface area contributed by atoms with Crippen molar-refractivity contribution in [2.24, 2.45) is 0 Å². The van der Waals surface area contributed by atoms with E-state index < -0.39 is 10.0 Å². The van der Waals surface area contributed by atoms with Crippen molar-refractivity contribution in [2.75, 3.05) is 24.7 Å². The van der Waals surface area contributed by atoms with Crippen LogP contribution in [0.4, 0.5) is 5.69 Å². The van der Waals surface area contributed by atoms with Crippen LogP contribution in [0.2, 0.25) is 0 Å². The van der Waals surface area contributed by atoms with Gasteiger partial charge in [0.05, 0.1) is 6.26 Å². The minimum absolute atomic E-state index is 0.0673. The molecular weight excluding hydrogens is 324 g/mol. The molecule has 1 N–H and O–H groups in total. The number of unbranched alkanes of at least 4 members (excludes halogenated alkanes) is 1. The van der Waals surface area contributed by atoms with Crippen LogP contribution in [0.5, 0.6) is 0 Å². The highest BCUT2D eigenvalue weighted by molar-refractivity contribution is 7.88. The van der Waals surface area contributed by atoms with Gasteiger partial charge in [0.15, 0.2) is 0 Å². The Morgan fingerprint density at radius 1 is 1.12 bits per heavy atom. The van der Waals surface area contributed by atoms with Gasteiger partial charge in [-0.2, -0.15) is 0 Å². The molecule has 6 heteroatoms. The third kappa shape index (κ3) is 7.01. The van der Waals surface area contributed by atoms with E-state index in [0.29, 0.717) is 6.54 Å². The highest BCUT2D eigenvalue weighted by Gasteiger charge is 2.17. The second-order valence-electron chi connectivity index (χ2n) is 7.14. The summed E-state index contributed by atoms with van der Waals surface area (Å²) in [5.74, 6) is -0.177. The van der Waals surface area contributed by atoms with Gasteiger partial charge in [0, 0.05) is 25.2 Å². The Kier molecular flexibility index (Phi) is 7.42. The molecule has 0 unspecified atom stereocenters. The number of carbonyl (C=O) groups excluding carboxylic acids is 1. The fourth-order valence-electron chi connectivity index (χ4n) is 2.28. The summed E-state index contributed by atoms with van der Waals surface area (Å²) in [6.45, 7) is 9.09. The molecule has 24 heavy (non-hydrogen) atoms. The van der Waals surface area contributed by atoms with Crippen molar-refractivity contribution in [2.45, 2.75) is 52.4 Å². The Morgan fingerprint density at radius 2 is 1.71 bits per heavy atom. The lowest BCUT2D eigenvalue weighted by Gasteiger charge is -2.20. The van der Waals surface area contributed by atoms with Crippen molar-refractivity contribution < 1.29 is 13.2 Å². The topological polar surface area (TPSA) is 66.5 Å². The third-order valence-electron chi connectivity index (χ3n) is 3.85. The zero-order valence-electron chi connectivity index (χ0n) is 15.4. The maximum atomic E-state index is 12.1. The molecule has 0 aromatic heterocycles. The van der Waals surface area contributed by atoms with E-state index in [-0.39, 0.29) is 24.3 Å². The van der Waals surface area contributed by atoms with Gasteiger partial charge in [-0.1, -0.05) is 46.2 Å². The summed E-state index contributed by atoms with van der Waals surface area (Å²) in [5, 5.41) is 2.82. The Balaban J connectivity index is 2.59. The number of carbonyl (C=O) groups is 1. The summed E-state index contributed by atoms with van der Waals surface area (Å²) in [6.07, 6.45) is 3.05. The lowest BCUT2D eigenvalue weighted by Crippen LogP contribution is -2.33. The summed E-state index contributed by atoms with van der Waals surface area (Å²) in [6, 6.07) is 7.76. The van der Waals surface area contributed by atoms with Crippen molar-refractivity contribution in [3.8, 4) is 0 Å². The fraction of sp³-hybridized carbons (Fsp3) is 0.611. The molecule has 0 fully saturated rings. The average Bonchev–Trinajstić information content (AvgIpc) is 2.45. The second kappa shape index (κ2) is 8.62. The number of nitrogens with zero attached hydrogens (tertiary/aromatic N) is 1. The van der Waals surface area contributed by atoms with Crippen LogP contribution in [0.25, 0.3) is 0 Å². The maximum absolute atomic E-state index is 12.1. The molecule has 1 aromatic carbocycles. The molecule has 0 aliphatic heterocycles. The predicted molar refractivity (Wildman–Crippen MR) is 99.7 cm³/mol. The van der Waals surface area contributed by atoms with E-state index in [2.05, 4.69) is 26.1 Å². The first-order chi connectivity index (χ1) is 11.0. The smallest absolute Gasteiger partial charge is 0.225 e. The zero-order valence-corrected chi connectivity index (χ0v) is 16.2. The first-order valence-electron chi connectivity index (χ1n) is 8.39. The molecule has 0 radical (unpaired) electrons. The number of benzene rings is 1. The van der Waals surface area contributed by atoms with Gasteiger partial charge in [0.25, 0.3) is 0 Å². The third-order valence-corrected chi connectivity index (χ3v) is 5.16. The number of rotatable bonds is 8. The van der Waals surface area contributed by atoms with Gasteiger partial charge in [-0.25, -0.2) is 12.7 Å². The van der Waals surface area contributed by atoms with Gasteiger partial charge in [-0.05, 0) is 29.5 Å². The van der Waals surface area contributed by atoms with Crippen LogP contribution < -0.4 is 5.32 Å². The van der Waals surface area contributed by atoms with Crippen molar-refractivity contribution in [3.63, 3.8) is 0 Å². The van der Waals surface area contributed by atoms with Gasteiger partial charge in [0.2, 0.25) is 15.9 Å². The van der Waals surface area contributed by atoms with E-state index in [1.807, 2.05) is 31.2 Å². The van der Waals surface area contributed by atoms with E-state index in [1.165, 1.54) is 16.1 Å². The number of hydrogen-bond donors (Lipinski definition) is 1. The molecule has 0 heterocycles. The Bertz CT molecular complexity index is 631. The maximum Gasteiger partial charge on any atom is 0.225 e. The van der Waals surface area contributed by atoms with Crippen molar-refractivity contribution in [1.82, 2.24) is 4.31 Å². The summed E-state index contributed by atoms with van der Waals surface area (Å²) < 4.78 is 24.8. The highest BCUT2D eigenvalue weighted by Crippen LogP contribution is 2.23. The van der Waals surface area contributed by atoms with Crippen LogP contribution in [0, 0.1) is 0 Å². The van der Waals surface area contributed by atoms with Gasteiger partial charge < -0.3 is 5.32 Å². The molecule has 5 nitrogen and oxygen atoms in total. The standard InChI is InChI=1S/C18H30N2O3S/c1-6-7-13-20(24(5,22)23)14-12-17(21)19-16-10-8-15(9-11-16)18(2,3)4/h8-11H,6-7,12-14H2,1-5H3,(H,19,21). The van der Waals surface area contributed by atoms with Crippen LogP contribution in [-0.4, -0.2) is 38.0 Å². The molecule has 0 aliphatic rings. The van der Waals surface area contributed by atoms with Crippen LogP contribution in [0.1, 0.15) is 52.5 Å². The monoisotopic (exact) mass is 354 g/mol. The van der Waals surface area contributed by atoms with E-state index in [0.717, 1.165) is 18.5 Å². The molecule has 1 rings (SSSR count). The normalized spacial score (nSPS) is 12.4. The first kappa shape index (κ1) is 20.6. The summed E-state index contributed by atoms with van der Waals surface area (Å²) in [5.41, 5.74) is 1.99. The van der Waals surface area contributed by atoms with Crippen LogP contribution in [-0.2, 0) is 20.2 Å². The molecule has 0 saturated heterocycles. The molecule has 0 saturated carbocycles. The van der Waals surface area contributed by atoms with Crippen LogP contribution >= 0.6 is 0 Å². The predicted octanol–water partition coefficient (Wildman–Crippen LogP) is 3.37. The Morgan fingerprint density at radius 3 is 2.17 bits per heavy atom. The quantitative estimate of drug-likeness (QED) is 0.778. The SMILES string of the molecule is CCCCN(CCC(=O)Nc1ccc(C(C)(C)C)cc1)S(C)(=O)=O. The lowest BCUT2D eigenvalue weighted by molar-refractivity contribution is -0.116. The molecule has 0 spiro atoms. The fourth-order valence-corrected chi connectivity index (χ4v) is 3.16. The lowest BCUT2D eigenvalue weighted by atomic mass is 9.87. The molecule has 1 amide bonds. The van der Waals surface area contributed by atoms with Gasteiger partial charge in [-0.15, -0.1) is 0 Å².